The first kappa shape index (κ1) is 10.9. The SMILES string of the molecule is CCc1cnc(CNc2ccnc(Cl)n2)o1. The first-order valence-electron chi connectivity index (χ1n) is 4.94. The molecule has 2 aromatic heterocycles. The third-order valence-electron chi connectivity index (χ3n) is 2.00. The number of anilines is 1. The van der Waals surface area contributed by atoms with E-state index in [1.54, 1.807) is 18.5 Å². The summed E-state index contributed by atoms with van der Waals surface area (Å²) in [6.45, 7) is 2.50. The summed E-state index contributed by atoms with van der Waals surface area (Å²) in [6.07, 6.45) is 4.15. The maximum Gasteiger partial charge on any atom is 0.224 e. The molecule has 5 nitrogen and oxygen atoms in total. The van der Waals surface area contributed by atoms with Gasteiger partial charge in [-0.25, -0.2) is 15.0 Å². The van der Waals surface area contributed by atoms with E-state index in [1.807, 2.05) is 6.92 Å². The quantitative estimate of drug-likeness (QED) is 0.828. The molecule has 2 aromatic rings. The second-order valence-electron chi connectivity index (χ2n) is 3.14. The average molecular weight is 239 g/mol. The van der Waals surface area contributed by atoms with E-state index < -0.39 is 0 Å². The van der Waals surface area contributed by atoms with Gasteiger partial charge in [0.15, 0.2) is 0 Å². The fourth-order valence-electron chi connectivity index (χ4n) is 1.19. The summed E-state index contributed by atoms with van der Waals surface area (Å²) in [5, 5.41) is 3.26. The number of nitrogens with zero attached hydrogens (tertiary/aromatic N) is 3. The van der Waals surface area contributed by atoms with E-state index in [0.717, 1.165) is 12.2 Å². The van der Waals surface area contributed by atoms with E-state index in [4.69, 9.17) is 16.0 Å². The third kappa shape index (κ3) is 2.70. The van der Waals surface area contributed by atoms with Gasteiger partial charge in [0.2, 0.25) is 11.2 Å². The smallest absolute Gasteiger partial charge is 0.224 e. The summed E-state index contributed by atoms with van der Waals surface area (Å²) in [7, 11) is 0. The summed E-state index contributed by atoms with van der Waals surface area (Å²) in [5.41, 5.74) is 0. The molecule has 16 heavy (non-hydrogen) atoms. The molecule has 2 heterocycles. The Bertz CT molecular complexity index is 471. The number of aromatic nitrogens is 3. The molecule has 0 bridgehead atoms. The van der Waals surface area contributed by atoms with Crippen molar-refractivity contribution in [1.29, 1.82) is 0 Å². The van der Waals surface area contributed by atoms with Crippen LogP contribution in [0, 0.1) is 0 Å². The Kier molecular flexibility index (Phi) is 3.36. The molecule has 0 aliphatic rings. The van der Waals surface area contributed by atoms with Crippen LogP contribution in [0.5, 0.6) is 0 Å². The molecule has 0 aromatic carbocycles. The molecule has 0 aliphatic heterocycles. The van der Waals surface area contributed by atoms with Gasteiger partial charge < -0.3 is 9.73 Å². The van der Waals surface area contributed by atoms with Gasteiger partial charge in [-0.3, -0.25) is 0 Å². The van der Waals surface area contributed by atoms with Crippen LogP contribution in [-0.2, 0) is 13.0 Å². The van der Waals surface area contributed by atoms with Crippen LogP contribution in [0.25, 0.3) is 0 Å². The van der Waals surface area contributed by atoms with Gasteiger partial charge in [-0.1, -0.05) is 6.92 Å². The highest BCUT2D eigenvalue weighted by Crippen LogP contribution is 2.09. The van der Waals surface area contributed by atoms with Gasteiger partial charge in [0.25, 0.3) is 0 Å². The van der Waals surface area contributed by atoms with Crippen LogP contribution >= 0.6 is 11.6 Å². The van der Waals surface area contributed by atoms with Crippen molar-refractivity contribution in [2.24, 2.45) is 0 Å². The monoisotopic (exact) mass is 238 g/mol. The molecular weight excluding hydrogens is 228 g/mol. The van der Waals surface area contributed by atoms with Crippen molar-refractivity contribution in [1.82, 2.24) is 15.0 Å². The zero-order valence-corrected chi connectivity index (χ0v) is 9.53. The van der Waals surface area contributed by atoms with Crippen molar-refractivity contribution in [3.8, 4) is 0 Å². The minimum Gasteiger partial charge on any atom is -0.444 e. The molecule has 1 N–H and O–H groups in total. The number of hydrogen-bond acceptors (Lipinski definition) is 5. The molecule has 0 unspecified atom stereocenters. The Morgan fingerprint density at radius 3 is 3.00 bits per heavy atom. The molecule has 0 saturated heterocycles. The maximum atomic E-state index is 5.65. The summed E-state index contributed by atoms with van der Waals surface area (Å²) in [4.78, 5) is 11.9. The Morgan fingerprint density at radius 2 is 2.31 bits per heavy atom. The lowest BCUT2D eigenvalue weighted by Crippen LogP contribution is -2.01. The highest BCUT2D eigenvalue weighted by molar-refractivity contribution is 6.28. The van der Waals surface area contributed by atoms with E-state index in [9.17, 15) is 0 Å². The van der Waals surface area contributed by atoms with Crippen molar-refractivity contribution in [2.45, 2.75) is 19.9 Å². The molecule has 6 heteroatoms. The first-order chi connectivity index (χ1) is 7.78. The fraction of sp³-hybridized carbons (Fsp3) is 0.300. The van der Waals surface area contributed by atoms with Crippen molar-refractivity contribution >= 4 is 17.4 Å². The van der Waals surface area contributed by atoms with E-state index >= 15 is 0 Å². The lowest BCUT2D eigenvalue weighted by Gasteiger charge is -2.01. The van der Waals surface area contributed by atoms with Crippen molar-refractivity contribution < 1.29 is 4.42 Å². The summed E-state index contributed by atoms with van der Waals surface area (Å²) in [6, 6.07) is 1.73. The highest BCUT2D eigenvalue weighted by atomic mass is 35.5. The molecule has 0 atom stereocenters. The van der Waals surface area contributed by atoms with Crippen LogP contribution in [-0.4, -0.2) is 15.0 Å². The predicted molar refractivity (Wildman–Crippen MR) is 60.2 cm³/mol. The third-order valence-corrected chi connectivity index (χ3v) is 2.18. The molecule has 2 rings (SSSR count). The van der Waals surface area contributed by atoms with Crippen LogP contribution in [0.4, 0.5) is 5.82 Å². The number of hydrogen-bond donors (Lipinski definition) is 1. The minimum absolute atomic E-state index is 0.214. The van der Waals surface area contributed by atoms with Crippen LogP contribution in [0.3, 0.4) is 0 Å². The van der Waals surface area contributed by atoms with Crippen LogP contribution in [0.15, 0.2) is 22.9 Å². The van der Waals surface area contributed by atoms with Crippen LogP contribution < -0.4 is 5.32 Å². The second kappa shape index (κ2) is 4.94. The average Bonchev–Trinajstić information content (AvgIpc) is 2.74. The van der Waals surface area contributed by atoms with Gasteiger partial charge in [-0.05, 0) is 17.7 Å². The van der Waals surface area contributed by atoms with Crippen LogP contribution in [0.1, 0.15) is 18.6 Å². The van der Waals surface area contributed by atoms with E-state index in [-0.39, 0.29) is 5.28 Å². The Hall–Kier alpha value is -1.62. The fourth-order valence-corrected chi connectivity index (χ4v) is 1.34. The number of aryl methyl sites for hydroxylation is 1. The largest absolute Gasteiger partial charge is 0.444 e. The molecule has 0 fully saturated rings. The summed E-state index contributed by atoms with van der Waals surface area (Å²) in [5.74, 6) is 2.15. The standard InChI is InChI=1S/C10H11ClN4O/c1-2-7-5-14-9(16-7)6-13-8-3-4-12-10(11)15-8/h3-5H,2,6H2,1H3,(H,12,13,15). The minimum atomic E-state index is 0.214. The zero-order valence-electron chi connectivity index (χ0n) is 8.77. The van der Waals surface area contributed by atoms with Crippen molar-refractivity contribution in [2.75, 3.05) is 5.32 Å². The van der Waals surface area contributed by atoms with Gasteiger partial charge in [0.05, 0.1) is 12.7 Å². The van der Waals surface area contributed by atoms with E-state index in [2.05, 4.69) is 20.3 Å². The van der Waals surface area contributed by atoms with Crippen LogP contribution in [0.2, 0.25) is 5.28 Å². The Morgan fingerprint density at radius 1 is 1.44 bits per heavy atom. The number of oxazole rings is 1. The van der Waals surface area contributed by atoms with E-state index in [0.29, 0.717) is 18.3 Å². The van der Waals surface area contributed by atoms with Gasteiger partial charge >= 0.3 is 0 Å². The van der Waals surface area contributed by atoms with Gasteiger partial charge in [0.1, 0.15) is 11.6 Å². The van der Waals surface area contributed by atoms with Gasteiger partial charge in [0, 0.05) is 12.6 Å². The molecule has 0 amide bonds. The van der Waals surface area contributed by atoms with Crippen molar-refractivity contribution in [3.63, 3.8) is 0 Å². The molecular formula is C10H11ClN4O. The maximum absolute atomic E-state index is 5.65. The highest BCUT2D eigenvalue weighted by Gasteiger charge is 2.02. The second-order valence-corrected chi connectivity index (χ2v) is 3.48. The first-order valence-corrected chi connectivity index (χ1v) is 5.31. The predicted octanol–water partition coefficient (Wildman–Crippen LogP) is 2.29. The Labute approximate surface area is 97.9 Å². The van der Waals surface area contributed by atoms with Crippen molar-refractivity contribution in [3.05, 3.63) is 35.4 Å². The normalized spacial score (nSPS) is 10.4. The summed E-state index contributed by atoms with van der Waals surface area (Å²) >= 11 is 5.65. The molecule has 0 aliphatic carbocycles. The summed E-state index contributed by atoms with van der Waals surface area (Å²) < 4.78 is 5.43. The lowest BCUT2D eigenvalue weighted by molar-refractivity contribution is 0.465. The topological polar surface area (TPSA) is 63.8 Å². The zero-order chi connectivity index (χ0) is 11.4. The molecule has 0 radical (unpaired) electrons. The van der Waals surface area contributed by atoms with Gasteiger partial charge in [-0.15, -0.1) is 0 Å². The van der Waals surface area contributed by atoms with E-state index in [1.165, 1.54) is 0 Å². The molecule has 0 saturated carbocycles. The molecule has 0 spiro atoms. The van der Waals surface area contributed by atoms with Gasteiger partial charge in [-0.2, -0.15) is 0 Å². The molecule has 84 valence electrons. The number of rotatable bonds is 4. The number of nitrogens with one attached hydrogen (secondary N) is 1. The lowest BCUT2D eigenvalue weighted by atomic mass is 10.4. The Balaban J connectivity index is 1.96. The number of halogens is 1.